The first-order chi connectivity index (χ1) is 6.79. The van der Waals surface area contributed by atoms with Crippen molar-refractivity contribution >= 4 is 5.97 Å². The summed E-state index contributed by atoms with van der Waals surface area (Å²) < 4.78 is 5.01. The minimum atomic E-state index is -0.123. The van der Waals surface area contributed by atoms with Gasteiger partial charge in [0.1, 0.15) is 6.04 Å². The molecule has 1 atom stereocenters. The molecule has 0 radical (unpaired) electrons. The van der Waals surface area contributed by atoms with Gasteiger partial charge in [0.05, 0.1) is 13.2 Å². The van der Waals surface area contributed by atoms with Crippen LogP contribution in [-0.4, -0.2) is 36.6 Å². The molecule has 14 heavy (non-hydrogen) atoms. The van der Waals surface area contributed by atoms with E-state index in [4.69, 9.17) is 11.2 Å². The maximum absolute atomic E-state index is 11.6. The summed E-state index contributed by atoms with van der Waals surface area (Å²) in [5, 5.41) is 0. The number of carbonyl (C=O) groups excluding carboxylic acids is 1. The quantitative estimate of drug-likeness (QED) is 0.498. The van der Waals surface area contributed by atoms with E-state index in [0.717, 1.165) is 25.8 Å². The number of esters is 1. The van der Waals surface area contributed by atoms with E-state index in [1.165, 1.54) is 0 Å². The van der Waals surface area contributed by atoms with Crippen LogP contribution in [0, 0.1) is 12.3 Å². The zero-order chi connectivity index (χ0) is 10.4. The summed E-state index contributed by atoms with van der Waals surface area (Å²) in [6.07, 6.45) is 8.34. The second-order valence-corrected chi connectivity index (χ2v) is 3.44. The van der Waals surface area contributed by atoms with Crippen molar-refractivity contribution in [3.63, 3.8) is 0 Å². The van der Waals surface area contributed by atoms with E-state index in [1.54, 1.807) is 0 Å². The first-order valence-corrected chi connectivity index (χ1v) is 5.13. The van der Waals surface area contributed by atoms with Gasteiger partial charge in [-0.15, -0.1) is 6.42 Å². The molecule has 1 heterocycles. The summed E-state index contributed by atoms with van der Waals surface area (Å²) in [4.78, 5) is 13.6. The Morgan fingerprint density at radius 2 is 2.43 bits per heavy atom. The number of carbonyl (C=O) groups is 1. The molecular formula is C11H17NO2. The Balaban J connectivity index is 2.53. The number of nitrogens with zero attached hydrogens (tertiary/aromatic N) is 1. The first-order valence-electron chi connectivity index (χ1n) is 5.13. The SMILES string of the molecule is C#CCN1CCCCC1C(=O)OCC. The molecule has 0 aliphatic carbocycles. The zero-order valence-electron chi connectivity index (χ0n) is 8.66. The molecule has 1 fully saturated rings. The van der Waals surface area contributed by atoms with Crippen LogP contribution in [0.2, 0.25) is 0 Å². The monoisotopic (exact) mass is 195 g/mol. The molecule has 0 aromatic rings. The van der Waals surface area contributed by atoms with Gasteiger partial charge in [0.2, 0.25) is 0 Å². The largest absolute Gasteiger partial charge is 0.465 e. The Kier molecular flexibility index (Phi) is 4.48. The lowest BCUT2D eigenvalue weighted by Crippen LogP contribution is -2.45. The summed E-state index contributed by atoms with van der Waals surface area (Å²) in [6.45, 7) is 3.72. The van der Waals surface area contributed by atoms with Crippen molar-refractivity contribution in [2.24, 2.45) is 0 Å². The van der Waals surface area contributed by atoms with Gasteiger partial charge in [-0.25, -0.2) is 0 Å². The number of likely N-dealkylation sites (tertiary alicyclic amines) is 1. The fraction of sp³-hybridized carbons (Fsp3) is 0.727. The molecule has 0 aromatic heterocycles. The summed E-state index contributed by atoms with van der Waals surface area (Å²) in [6, 6.07) is -0.111. The molecule has 1 aliphatic rings. The highest BCUT2D eigenvalue weighted by Crippen LogP contribution is 2.17. The lowest BCUT2D eigenvalue weighted by Gasteiger charge is -2.32. The van der Waals surface area contributed by atoms with Crippen LogP contribution in [0.1, 0.15) is 26.2 Å². The Hall–Kier alpha value is -1.01. The van der Waals surface area contributed by atoms with E-state index >= 15 is 0 Å². The maximum atomic E-state index is 11.6. The highest BCUT2D eigenvalue weighted by atomic mass is 16.5. The third-order valence-electron chi connectivity index (χ3n) is 2.47. The average Bonchev–Trinajstić information content (AvgIpc) is 2.19. The predicted molar refractivity (Wildman–Crippen MR) is 54.7 cm³/mol. The van der Waals surface area contributed by atoms with Crippen molar-refractivity contribution in [2.45, 2.75) is 32.2 Å². The van der Waals surface area contributed by atoms with Gasteiger partial charge in [-0.2, -0.15) is 0 Å². The number of piperidine rings is 1. The topological polar surface area (TPSA) is 29.5 Å². The molecular weight excluding hydrogens is 178 g/mol. The number of hydrogen-bond acceptors (Lipinski definition) is 3. The summed E-state index contributed by atoms with van der Waals surface area (Å²) in [5.41, 5.74) is 0. The molecule has 0 aromatic carbocycles. The van der Waals surface area contributed by atoms with Crippen molar-refractivity contribution in [1.82, 2.24) is 4.90 Å². The number of terminal acetylenes is 1. The molecule has 78 valence electrons. The van der Waals surface area contributed by atoms with E-state index in [9.17, 15) is 4.79 Å². The third kappa shape index (κ3) is 2.74. The van der Waals surface area contributed by atoms with Crippen LogP contribution in [0.25, 0.3) is 0 Å². The standard InChI is InChI=1S/C11H17NO2/c1-3-8-12-9-6-5-7-10(12)11(13)14-4-2/h1,10H,4-9H2,2H3. The summed E-state index contributed by atoms with van der Waals surface area (Å²) in [5.74, 6) is 2.46. The molecule has 0 N–H and O–H groups in total. The number of hydrogen-bond donors (Lipinski definition) is 0. The van der Waals surface area contributed by atoms with Crippen LogP contribution in [0.5, 0.6) is 0 Å². The highest BCUT2D eigenvalue weighted by molar-refractivity contribution is 5.75. The first kappa shape index (κ1) is 11.1. The Bertz CT molecular complexity index is 232. The van der Waals surface area contributed by atoms with Gasteiger partial charge in [0.25, 0.3) is 0 Å². The van der Waals surface area contributed by atoms with Crippen molar-refractivity contribution < 1.29 is 9.53 Å². The lowest BCUT2D eigenvalue weighted by molar-refractivity contribution is -0.150. The van der Waals surface area contributed by atoms with Crippen LogP contribution < -0.4 is 0 Å². The van der Waals surface area contributed by atoms with Gasteiger partial charge in [-0.3, -0.25) is 9.69 Å². The second kappa shape index (κ2) is 5.66. The van der Waals surface area contributed by atoms with Crippen LogP contribution >= 0.6 is 0 Å². The molecule has 1 unspecified atom stereocenters. The number of rotatable bonds is 3. The molecule has 1 rings (SSSR count). The third-order valence-corrected chi connectivity index (χ3v) is 2.47. The zero-order valence-corrected chi connectivity index (χ0v) is 8.66. The minimum absolute atomic E-state index is 0.111. The van der Waals surface area contributed by atoms with Gasteiger partial charge in [0.15, 0.2) is 0 Å². The molecule has 0 spiro atoms. The maximum Gasteiger partial charge on any atom is 0.323 e. The van der Waals surface area contributed by atoms with E-state index in [0.29, 0.717) is 13.2 Å². The molecule has 0 bridgehead atoms. The van der Waals surface area contributed by atoms with Gasteiger partial charge in [-0.05, 0) is 26.3 Å². The molecule has 3 heteroatoms. The highest BCUT2D eigenvalue weighted by Gasteiger charge is 2.28. The Morgan fingerprint density at radius 3 is 3.07 bits per heavy atom. The van der Waals surface area contributed by atoms with Gasteiger partial charge in [-0.1, -0.05) is 12.3 Å². The molecule has 3 nitrogen and oxygen atoms in total. The van der Waals surface area contributed by atoms with Crippen molar-refractivity contribution in [2.75, 3.05) is 19.7 Å². The van der Waals surface area contributed by atoms with Crippen LogP contribution in [-0.2, 0) is 9.53 Å². The van der Waals surface area contributed by atoms with E-state index in [1.807, 2.05) is 11.8 Å². The van der Waals surface area contributed by atoms with E-state index < -0.39 is 0 Å². The van der Waals surface area contributed by atoms with Crippen molar-refractivity contribution in [3.05, 3.63) is 0 Å². The smallest absolute Gasteiger partial charge is 0.323 e. The number of ether oxygens (including phenoxy) is 1. The van der Waals surface area contributed by atoms with E-state index in [-0.39, 0.29) is 12.0 Å². The molecule has 0 saturated carbocycles. The van der Waals surface area contributed by atoms with Crippen molar-refractivity contribution in [1.29, 1.82) is 0 Å². The summed E-state index contributed by atoms with van der Waals surface area (Å²) >= 11 is 0. The fourth-order valence-electron chi connectivity index (χ4n) is 1.80. The Labute approximate surface area is 85.4 Å². The molecule has 0 amide bonds. The lowest BCUT2D eigenvalue weighted by atomic mass is 10.0. The van der Waals surface area contributed by atoms with Gasteiger partial charge in [0, 0.05) is 0 Å². The molecule has 1 saturated heterocycles. The van der Waals surface area contributed by atoms with Crippen LogP contribution in [0.3, 0.4) is 0 Å². The van der Waals surface area contributed by atoms with Crippen LogP contribution in [0.4, 0.5) is 0 Å². The predicted octanol–water partition coefficient (Wildman–Crippen LogP) is 1.04. The second-order valence-electron chi connectivity index (χ2n) is 3.44. The van der Waals surface area contributed by atoms with Crippen LogP contribution in [0.15, 0.2) is 0 Å². The normalized spacial score (nSPS) is 22.7. The van der Waals surface area contributed by atoms with Gasteiger partial charge < -0.3 is 4.74 Å². The Morgan fingerprint density at radius 1 is 1.64 bits per heavy atom. The molecule has 1 aliphatic heterocycles. The summed E-state index contributed by atoms with van der Waals surface area (Å²) in [7, 11) is 0. The minimum Gasteiger partial charge on any atom is -0.465 e. The fourth-order valence-corrected chi connectivity index (χ4v) is 1.80. The van der Waals surface area contributed by atoms with Crippen molar-refractivity contribution in [3.8, 4) is 12.3 Å². The van der Waals surface area contributed by atoms with Gasteiger partial charge >= 0.3 is 5.97 Å². The average molecular weight is 195 g/mol. The van der Waals surface area contributed by atoms with E-state index in [2.05, 4.69) is 5.92 Å².